The minimum absolute atomic E-state index is 0.00496. The highest BCUT2D eigenvalue weighted by Crippen LogP contribution is 2.24. The van der Waals surface area contributed by atoms with Gasteiger partial charge in [0.05, 0.1) is 11.1 Å². The number of hydrogen-bond acceptors (Lipinski definition) is 3. The molecule has 116 valence electrons. The second-order valence-corrected chi connectivity index (χ2v) is 5.96. The standard InChI is InChI=1S/C17H11BrFNO3/c18-14-9-10(19)5-6-13(14)15(21)7-8-20-16(22)11-3-1-2-4-12(11)17(20)23/h1-6,9H,7-8H2. The fourth-order valence-corrected chi connectivity index (χ4v) is 3.08. The van der Waals surface area contributed by atoms with Gasteiger partial charge in [0, 0.05) is 23.0 Å². The number of nitrogens with zero attached hydrogens (tertiary/aromatic N) is 1. The third kappa shape index (κ3) is 2.82. The number of carbonyl (C=O) groups is 3. The molecule has 0 unspecified atom stereocenters. The highest BCUT2D eigenvalue weighted by molar-refractivity contribution is 9.10. The number of hydrogen-bond donors (Lipinski definition) is 0. The molecule has 2 aromatic carbocycles. The lowest BCUT2D eigenvalue weighted by Crippen LogP contribution is -2.31. The summed E-state index contributed by atoms with van der Waals surface area (Å²) in [5, 5.41) is 0. The van der Waals surface area contributed by atoms with Crippen LogP contribution in [0.5, 0.6) is 0 Å². The van der Waals surface area contributed by atoms with E-state index in [2.05, 4.69) is 15.9 Å². The van der Waals surface area contributed by atoms with Crippen LogP contribution in [0.25, 0.3) is 0 Å². The lowest BCUT2D eigenvalue weighted by atomic mass is 10.1. The van der Waals surface area contributed by atoms with Crippen molar-refractivity contribution in [2.75, 3.05) is 6.54 Å². The van der Waals surface area contributed by atoms with Crippen molar-refractivity contribution in [1.82, 2.24) is 4.90 Å². The van der Waals surface area contributed by atoms with Crippen molar-refractivity contribution in [2.45, 2.75) is 6.42 Å². The highest BCUT2D eigenvalue weighted by atomic mass is 79.9. The Morgan fingerprint density at radius 2 is 1.65 bits per heavy atom. The van der Waals surface area contributed by atoms with E-state index in [1.807, 2.05) is 0 Å². The van der Waals surface area contributed by atoms with Crippen LogP contribution in [-0.2, 0) is 0 Å². The highest BCUT2D eigenvalue weighted by Gasteiger charge is 2.35. The Bertz CT molecular complexity index is 799. The topological polar surface area (TPSA) is 54.5 Å². The van der Waals surface area contributed by atoms with Crippen LogP contribution in [0.1, 0.15) is 37.5 Å². The van der Waals surface area contributed by atoms with Crippen molar-refractivity contribution in [3.8, 4) is 0 Å². The molecule has 1 aliphatic heterocycles. The molecular formula is C17H11BrFNO3. The van der Waals surface area contributed by atoms with Gasteiger partial charge in [0.2, 0.25) is 0 Å². The number of amides is 2. The first-order chi connectivity index (χ1) is 11.0. The Balaban J connectivity index is 1.73. The summed E-state index contributed by atoms with van der Waals surface area (Å²) in [6.07, 6.45) is -0.0182. The quantitative estimate of drug-likeness (QED) is 0.607. The molecule has 0 aliphatic carbocycles. The minimum Gasteiger partial charge on any atom is -0.294 e. The molecule has 4 nitrogen and oxygen atoms in total. The van der Waals surface area contributed by atoms with E-state index in [-0.39, 0.29) is 18.7 Å². The fraction of sp³-hybridized carbons (Fsp3) is 0.118. The summed E-state index contributed by atoms with van der Waals surface area (Å²) in [6.45, 7) is -0.00496. The van der Waals surface area contributed by atoms with E-state index in [1.54, 1.807) is 24.3 Å². The number of fused-ring (bicyclic) bond motifs is 1. The molecule has 0 N–H and O–H groups in total. The summed E-state index contributed by atoms with van der Waals surface area (Å²) in [5.41, 5.74) is 1.03. The molecule has 1 aliphatic rings. The lowest BCUT2D eigenvalue weighted by Gasteiger charge is -2.13. The zero-order valence-corrected chi connectivity index (χ0v) is 13.5. The van der Waals surface area contributed by atoms with Gasteiger partial charge < -0.3 is 0 Å². The molecule has 0 atom stereocenters. The molecule has 23 heavy (non-hydrogen) atoms. The molecule has 0 fully saturated rings. The summed E-state index contributed by atoms with van der Waals surface area (Å²) < 4.78 is 13.4. The average Bonchev–Trinajstić information content (AvgIpc) is 2.77. The van der Waals surface area contributed by atoms with Crippen molar-refractivity contribution >= 4 is 33.5 Å². The van der Waals surface area contributed by atoms with E-state index >= 15 is 0 Å². The maximum Gasteiger partial charge on any atom is 0.261 e. The summed E-state index contributed by atoms with van der Waals surface area (Å²) in [6, 6.07) is 10.3. The number of imide groups is 1. The van der Waals surface area contributed by atoms with Gasteiger partial charge in [-0.25, -0.2) is 4.39 Å². The molecular weight excluding hydrogens is 365 g/mol. The van der Waals surface area contributed by atoms with Crippen molar-refractivity contribution < 1.29 is 18.8 Å². The molecule has 0 saturated carbocycles. The lowest BCUT2D eigenvalue weighted by molar-refractivity contribution is 0.0649. The Morgan fingerprint density at radius 1 is 1.04 bits per heavy atom. The number of Topliss-reactive ketones (excluding diaryl/α,β-unsaturated/α-hetero) is 1. The third-order valence-electron chi connectivity index (χ3n) is 3.67. The van der Waals surface area contributed by atoms with E-state index in [0.717, 1.165) is 4.90 Å². The van der Waals surface area contributed by atoms with Crippen LogP contribution in [0.3, 0.4) is 0 Å². The average molecular weight is 376 g/mol. The third-order valence-corrected chi connectivity index (χ3v) is 4.33. The maximum absolute atomic E-state index is 13.1. The molecule has 2 amide bonds. The molecule has 3 rings (SSSR count). The molecule has 0 radical (unpaired) electrons. The van der Waals surface area contributed by atoms with Gasteiger partial charge in [-0.05, 0) is 46.3 Å². The SMILES string of the molecule is O=C(CCN1C(=O)c2ccccc2C1=O)c1ccc(F)cc1Br. The summed E-state index contributed by atoms with van der Waals surface area (Å²) in [5.74, 6) is -1.50. The Labute approximate surface area is 140 Å². The van der Waals surface area contributed by atoms with Gasteiger partial charge in [-0.2, -0.15) is 0 Å². The van der Waals surface area contributed by atoms with E-state index < -0.39 is 17.6 Å². The normalized spacial score (nSPS) is 13.4. The van der Waals surface area contributed by atoms with E-state index in [1.165, 1.54) is 18.2 Å². The minimum atomic E-state index is -0.450. The van der Waals surface area contributed by atoms with E-state index in [4.69, 9.17) is 0 Å². The zero-order valence-electron chi connectivity index (χ0n) is 11.9. The molecule has 2 aromatic rings. The first kappa shape index (κ1) is 15.6. The van der Waals surface area contributed by atoms with Gasteiger partial charge in [0.1, 0.15) is 5.82 Å². The molecule has 1 heterocycles. The Hall–Kier alpha value is -2.34. The molecule has 0 spiro atoms. The predicted molar refractivity (Wildman–Crippen MR) is 84.9 cm³/mol. The van der Waals surface area contributed by atoms with Crippen LogP contribution in [0.4, 0.5) is 4.39 Å². The number of halogens is 2. The van der Waals surface area contributed by atoms with E-state index in [9.17, 15) is 18.8 Å². The fourth-order valence-electron chi connectivity index (χ4n) is 2.51. The van der Waals surface area contributed by atoms with Crippen molar-refractivity contribution in [1.29, 1.82) is 0 Å². The molecule has 6 heteroatoms. The van der Waals surface area contributed by atoms with Gasteiger partial charge in [0.15, 0.2) is 5.78 Å². The Morgan fingerprint density at radius 3 is 2.22 bits per heavy atom. The number of ketones is 1. The molecule has 0 bridgehead atoms. The second kappa shape index (κ2) is 6.04. The number of benzene rings is 2. The van der Waals surface area contributed by atoms with Crippen molar-refractivity contribution in [2.24, 2.45) is 0 Å². The maximum atomic E-state index is 13.1. The van der Waals surface area contributed by atoms with Crippen LogP contribution in [-0.4, -0.2) is 29.0 Å². The van der Waals surface area contributed by atoms with Gasteiger partial charge in [-0.1, -0.05) is 12.1 Å². The van der Waals surface area contributed by atoms with E-state index in [0.29, 0.717) is 21.2 Å². The smallest absolute Gasteiger partial charge is 0.261 e. The van der Waals surface area contributed by atoms with Crippen LogP contribution in [0, 0.1) is 5.82 Å². The van der Waals surface area contributed by atoms with Crippen LogP contribution in [0.15, 0.2) is 46.9 Å². The summed E-state index contributed by atoms with van der Waals surface area (Å²) in [7, 11) is 0. The largest absolute Gasteiger partial charge is 0.294 e. The van der Waals surface area contributed by atoms with Crippen LogP contribution < -0.4 is 0 Å². The van der Waals surface area contributed by atoms with Gasteiger partial charge in [-0.15, -0.1) is 0 Å². The first-order valence-electron chi connectivity index (χ1n) is 6.92. The zero-order chi connectivity index (χ0) is 16.6. The van der Waals surface area contributed by atoms with Crippen molar-refractivity contribution in [3.05, 3.63) is 69.4 Å². The van der Waals surface area contributed by atoms with Crippen LogP contribution in [0.2, 0.25) is 0 Å². The summed E-state index contributed by atoms with van der Waals surface area (Å²) >= 11 is 3.14. The van der Waals surface area contributed by atoms with Crippen LogP contribution >= 0.6 is 15.9 Å². The molecule has 0 aromatic heterocycles. The monoisotopic (exact) mass is 375 g/mol. The summed E-state index contributed by atoms with van der Waals surface area (Å²) in [4.78, 5) is 37.7. The van der Waals surface area contributed by atoms with Crippen molar-refractivity contribution in [3.63, 3.8) is 0 Å². The Kier molecular flexibility index (Phi) is 4.09. The number of carbonyl (C=O) groups excluding carboxylic acids is 3. The predicted octanol–water partition coefficient (Wildman–Crippen LogP) is 3.46. The van der Waals surface area contributed by atoms with Gasteiger partial charge in [0.25, 0.3) is 11.8 Å². The molecule has 0 saturated heterocycles. The first-order valence-corrected chi connectivity index (χ1v) is 7.72. The number of rotatable bonds is 4. The van der Waals surface area contributed by atoms with Gasteiger partial charge in [-0.3, -0.25) is 19.3 Å². The second-order valence-electron chi connectivity index (χ2n) is 5.10. The van der Waals surface area contributed by atoms with Gasteiger partial charge >= 0.3 is 0 Å².